The Morgan fingerprint density at radius 1 is 1.58 bits per heavy atom. The summed E-state index contributed by atoms with van der Waals surface area (Å²) in [6.07, 6.45) is 5.28. The molecule has 2 rings (SSSR count). The highest BCUT2D eigenvalue weighted by Crippen LogP contribution is 2.13. The van der Waals surface area contributed by atoms with E-state index in [1.165, 1.54) is 26.4 Å². The van der Waals surface area contributed by atoms with E-state index in [-0.39, 0.29) is 5.82 Å². The summed E-state index contributed by atoms with van der Waals surface area (Å²) in [5.74, 6) is 0.331. The van der Waals surface area contributed by atoms with E-state index >= 15 is 0 Å². The number of esters is 1. The minimum Gasteiger partial charge on any atom is -0.463 e. The highest BCUT2D eigenvalue weighted by molar-refractivity contribution is 5.85. The molecular weight excluding hydrogens is 244 g/mol. The van der Waals surface area contributed by atoms with Crippen molar-refractivity contribution in [2.45, 2.75) is 25.3 Å². The second kappa shape index (κ2) is 6.47. The van der Waals surface area contributed by atoms with E-state index in [4.69, 9.17) is 0 Å². The maximum Gasteiger partial charge on any atom is 0.376 e. The van der Waals surface area contributed by atoms with Crippen LogP contribution in [0, 0.1) is 0 Å². The SMILES string of the molecule is COC(=O)c1nccc(N(C)CC2CCCCN2)n1. The number of nitrogens with one attached hydrogen (secondary N) is 1. The zero-order valence-electron chi connectivity index (χ0n) is 11.4. The van der Waals surface area contributed by atoms with Crippen LogP contribution < -0.4 is 10.2 Å². The van der Waals surface area contributed by atoms with E-state index in [9.17, 15) is 4.79 Å². The molecule has 0 amide bonds. The number of carbonyl (C=O) groups is 1. The fourth-order valence-electron chi connectivity index (χ4n) is 2.26. The molecule has 1 aromatic heterocycles. The molecule has 6 nitrogen and oxygen atoms in total. The molecule has 0 saturated carbocycles. The summed E-state index contributed by atoms with van der Waals surface area (Å²) in [6.45, 7) is 1.95. The first kappa shape index (κ1) is 13.7. The largest absolute Gasteiger partial charge is 0.463 e. The molecular formula is C13H20N4O2. The Morgan fingerprint density at radius 3 is 3.11 bits per heavy atom. The van der Waals surface area contributed by atoms with Gasteiger partial charge in [-0.2, -0.15) is 0 Å². The van der Waals surface area contributed by atoms with Gasteiger partial charge < -0.3 is 15.0 Å². The molecule has 19 heavy (non-hydrogen) atoms. The lowest BCUT2D eigenvalue weighted by Gasteiger charge is -2.28. The number of aromatic nitrogens is 2. The average molecular weight is 264 g/mol. The van der Waals surface area contributed by atoms with Crippen LogP contribution in [-0.2, 0) is 4.74 Å². The van der Waals surface area contributed by atoms with Gasteiger partial charge in [0.15, 0.2) is 0 Å². The van der Waals surface area contributed by atoms with Crippen molar-refractivity contribution in [2.24, 2.45) is 0 Å². The van der Waals surface area contributed by atoms with Crippen molar-refractivity contribution in [3.63, 3.8) is 0 Å². The first-order valence-electron chi connectivity index (χ1n) is 6.56. The van der Waals surface area contributed by atoms with Gasteiger partial charge in [-0.15, -0.1) is 0 Å². The summed E-state index contributed by atoms with van der Waals surface area (Å²) in [5.41, 5.74) is 0. The maximum absolute atomic E-state index is 11.4. The van der Waals surface area contributed by atoms with Crippen molar-refractivity contribution in [2.75, 3.05) is 32.1 Å². The smallest absolute Gasteiger partial charge is 0.376 e. The Balaban J connectivity index is 2.01. The fraction of sp³-hybridized carbons (Fsp3) is 0.615. The summed E-state index contributed by atoms with van der Waals surface area (Å²) in [7, 11) is 3.30. The average Bonchev–Trinajstić information content (AvgIpc) is 2.47. The van der Waals surface area contributed by atoms with Gasteiger partial charge in [-0.1, -0.05) is 6.42 Å². The maximum atomic E-state index is 11.4. The molecule has 1 N–H and O–H groups in total. The van der Waals surface area contributed by atoms with Gasteiger partial charge in [0.1, 0.15) is 5.82 Å². The van der Waals surface area contributed by atoms with Gasteiger partial charge in [0.2, 0.25) is 5.82 Å². The summed E-state index contributed by atoms with van der Waals surface area (Å²) in [6, 6.07) is 2.28. The van der Waals surface area contributed by atoms with E-state index in [0.29, 0.717) is 6.04 Å². The van der Waals surface area contributed by atoms with Crippen LogP contribution in [-0.4, -0.2) is 49.2 Å². The summed E-state index contributed by atoms with van der Waals surface area (Å²) in [4.78, 5) is 21.6. The molecule has 0 bridgehead atoms. The number of likely N-dealkylation sites (N-methyl/N-ethyl adjacent to an activating group) is 1. The Hall–Kier alpha value is -1.69. The summed E-state index contributed by atoms with van der Waals surface area (Å²) >= 11 is 0. The third kappa shape index (κ3) is 3.64. The minimum absolute atomic E-state index is 0.100. The highest BCUT2D eigenvalue weighted by Gasteiger charge is 2.17. The standard InChI is InChI=1S/C13H20N4O2/c1-17(9-10-5-3-4-7-14-10)11-6-8-15-12(16-11)13(18)19-2/h6,8,10,14H,3-5,7,9H2,1-2H3. The first-order valence-corrected chi connectivity index (χ1v) is 6.56. The molecule has 1 unspecified atom stereocenters. The molecule has 1 aliphatic rings. The second-order valence-corrected chi connectivity index (χ2v) is 4.76. The number of nitrogens with zero attached hydrogens (tertiary/aromatic N) is 3. The first-order chi connectivity index (χ1) is 9.20. The topological polar surface area (TPSA) is 67.3 Å². The van der Waals surface area contributed by atoms with Gasteiger partial charge in [0.25, 0.3) is 0 Å². The van der Waals surface area contributed by atoms with Crippen LogP contribution in [0.2, 0.25) is 0 Å². The van der Waals surface area contributed by atoms with Crippen molar-refractivity contribution in [3.8, 4) is 0 Å². The molecule has 0 radical (unpaired) electrons. The van der Waals surface area contributed by atoms with Gasteiger partial charge in [-0.25, -0.2) is 14.8 Å². The highest BCUT2D eigenvalue weighted by atomic mass is 16.5. The lowest BCUT2D eigenvalue weighted by Crippen LogP contribution is -2.42. The lowest BCUT2D eigenvalue weighted by molar-refractivity contribution is 0.0587. The van der Waals surface area contributed by atoms with Crippen LogP contribution in [0.3, 0.4) is 0 Å². The van der Waals surface area contributed by atoms with Crippen LogP contribution >= 0.6 is 0 Å². The quantitative estimate of drug-likeness (QED) is 0.813. The van der Waals surface area contributed by atoms with Crippen LogP contribution in [0.5, 0.6) is 0 Å². The van der Waals surface area contributed by atoms with Crippen LogP contribution in [0.4, 0.5) is 5.82 Å². The predicted octanol–water partition coefficient (Wildman–Crippen LogP) is 0.841. The lowest BCUT2D eigenvalue weighted by atomic mass is 10.0. The van der Waals surface area contributed by atoms with Gasteiger partial charge >= 0.3 is 5.97 Å². The molecule has 104 valence electrons. The number of piperidine rings is 1. The molecule has 0 aliphatic carbocycles. The van der Waals surface area contributed by atoms with Crippen LogP contribution in [0.15, 0.2) is 12.3 Å². The van der Waals surface area contributed by atoms with Crippen molar-refractivity contribution in [3.05, 3.63) is 18.1 Å². The van der Waals surface area contributed by atoms with E-state index in [0.717, 1.165) is 18.9 Å². The number of ether oxygens (including phenoxy) is 1. The molecule has 0 spiro atoms. The minimum atomic E-state index is -0.508. The molecule has 0 aromatic carbocycles. The summed E-state index contributed by atoms with van der Waals surface area (Å²) < 4.78 is 4.63. The van der Waals surface area contributed by atoms with Crippen molar-refractivity contribution in [1.29, 1.82) is 0 Å². The number of carbonyl (C=O) groups excluding carboxylic acids is 1. The van der Waals surface area contributed by atoms with Gasteiger partial charge in [0.05, 0.1) is 7.11 Å². The van der Waals surface area contributed by atoms with E-state index in [1.807, 2.05) is 11.9 Å². The number of anilines is 1. The molecule has 1 aliphatic heterocycles. The fourth-order valence-corrected chi connectivity index (χ4v) is 2.26. The molecule has 1 saturated heterocycles. The molecule has 1 atom stereocenters. The third-order valence-corrected chi connectivity index (χ3v) is 3.31. The Morgan fingerprint density at radius 2 is 2.42 bits per heavy atom. The number of hydrogen-bond donors (Lipinski definition) is 1. The van der Waals surface area contributed by atoms with Crippen molar-refractivity contribution in [1.82, 2.24) is 15.3 Å². The molecule has 1 aromatic rings. The van der Waals surface area contributed by atoms with Gasteiger partial charge in [-0.3, -0.25) is 0 Å². The zero-order valence-corrected chi connectivity index (χ0v) is 11.4. The number of methoxy groups -OCH3 is 1. The van der Waals surface area contributed by atoms with Gasteiger partial charge in [0, 0.05) is 25.8 Å². The summed E-state index contributed by atoms with van der Waals surface area (Å²) in [5, 5.41) is 3.49. The Kier molecular flexibility index (Phi) is 4.68. The van der Waals surface area contributed by atoms with E-state index in [2.05, 4.69) is 20.0 Å². The van der Waals surface area contributed by atoms with E-state index < -0.39 is 5.97 Å². The monoisotopic (exact) mass is 264 g/mol. The third-order valence-electron chi connectivity index (χ3n) is 3.31. The predicted molar refractivity (Wildman–Crippen MR) is 72.3 cm³/mol. The van der Waals surface area contributed by atoms with Crippen LogP contribution in [0.1, 0.15) is 29.9 Å². The molecule has 6 heteroatoms. The molecule has 2 heterocycles. The second-order valence-electron chi connectivity index (χ2n) is 4.76. The van der Waals surface area contributed by atoms with Crippen molar-refractivity contribution < 1.29 is 9.53 Å². The Bertz CT molecular complexity index is 432. The van der Waals surface area contributed by atoms with Gasteiger partial charge in [-0.05, 0) is 25.5 Å². The van der Waals surface area contributed by atoms with Crippen molar-refractivity contribution >= 4 is 11.8 Å². The zero-order chi connectivity index (χ0) is 13.7. The van der Waals surface area contributed by atoms with Crippen LogP contribution in [0.25, 0.3) is 0 Å². The Labute approximate surface area is 113 Å². The van der Waals surface area contributed by atoms with E-state index in [1.54, 1.807) is 12.3 Å². The number of hydrogen-bond acceptors (Lipinski definition) is 6. The number of rotatable bonds is 4. The molecule has 1 fully saturated rings. The normalized spacial score (nSPS) is 18.9.